The molecule has 1 heterocycles. The van der Waals surface area contributed by atoms with Gasteiger partial charge in [-0.15, -0.1) is 0 Å². The minimum atomic E-state index is -1.63. The van der Waals surface area contributed by atoms with E-state index >= 15 is 0 Å². The van der Waals surface area contributed by atoms with Crippen molar-refractivity contribution in [1.29, 1.82) is 0 Å². The lowest BCUT2D eigenvalue weighted by Crippen LogP contribution is -2.09. The fraction of sp³-hybridized carbons (Fsp3) is 0.125. The molecule has 0 atom stereocenters. The molecular formula is C16H14O6. The number of carboxylic acids is 1. The summed E-state index contributed by atoms with van der Waals surface area (Å²) in [5.74, 6) is -2.54. The van der Waals surface area contributed by atoms with Crippen LogP contribution in [0.3, 0.4) is 0 Å². The normalized spacial score (nSPS) is 11.2. The van der Waals surface area contributed by atoms with Crippen LogP contribution < -0.4 is 4.74 Å². The molecule has 0 amide bonds. The zero-order chi connectivity index (χ0) is 16.1. The number of rotatable bonds is 6. The van der Waals surface area contributed by atoms with Crippen molar-refractivity contribution < 1.29 is 29.0 Å². The molecule has 2 aromatic rings. The smallest absolute Gasteiger partial charge is 0.376 e. The zero-order valence-corrected chi connectivity index (χ0v) is 11.8. The lowest BCUT2D eigenvalue weighted by molar-refractivity contribution is -0.146. The fourth-order valence-corrected chi connectivity index (χ4v) is 1.91. The molecule has 0 unspecified atom stereocenters. The van der Waals surface area contributed by atoms with Crippen LogP contribution in [-0.2, 0) is 16.0 Å². The fourth-order valence-electron chi connectivity index (χ4n) is 1.91. The summed E-state index contributed by atoms with van der Waals surface area (Å²) in [6, 6.07) is 7.33. The topological polar surface area (TPSA) is 97.0 Å². The van der Waals surface area contributed by atoms with Crippen molar-refractivity contribution in [2.45, 2.75) is 6.42 Å². The maximum absolute atomic E-state index is 11.1. The molecule has 0 saturated carbocycles. The Labute approximate surface area is 126 Å². The highest BCUT2D eigenvalue weighted by Gasteiger charge is 2.15. The van der Waals surface area contributed by atoms with Crippen LogP contribution in [0.1, 0.15) is 16.7 Å². The number of methoxy groups -OCH3 is 1. The number of carbonyl (C=O) groups excluding carboxylic acids is 1. The highest BCUT2D eigenvalue weighted by molar-refractivity contribution is 6.38. The van der Waals surface area contributed by atoms with Gasteiger partial charge in [0, 0.05) is 18.1 Å². The lowest BCUT2D eigenvalue weighted by atomic mass is 10.0. The molecule has 0 bridgehead atoms. The van der Waals surface area contributed by atoms with Crippen molar-refractivity contribution in [2.24, 2.45) is 0 Å². The summed E-state index contributed by atoms with van der Waals surface area (Å²) >= 11 is 0. The van der Waals surface area contributed by atoms with E-state index in [1.807, 2.05) is 12.1 Å². The van der Waals surface area contributed by atoms with Gasteiger partial charge in [0.05, 0.1) is 18.9 Å². The van der Waals surface area contributed by atoms with Gasteiger partial charge in [-0.2, -0.15) is 0 Å². The number of ether oxygens (including phenoxy) is 1. The first-order valence-electron chi connectivity index (χ1n) is 6.37. The number of carboxylic acid groups (broad SMARTS) is 1. The number of hydrogen-bond acceptors (Lipinski definition) is 5. The van der Waals surface area contributed by atoms with Crippen LogP contribution in [0.15, 0.2) is 47.3 Å². The second kappa shape index (κ2) is 6.62. The summed E-state index contributed by atoms with van der Waals surface area (Å²) in [4.78, 5) is 21.6. The third-order valence-electron chi connectivity index (χ3n) is 3.05. The van der Waals surface area contributed by atoms with Gasteiger partial charge in [-0.05, 0) is 17.7 Å². The Balaban J connectivity index is 2.21. The number of furan rings is 1. The van der Waals surface area contributed by atoms with Gasteiger partial charge in [-0.3, -0.25) is 4.79 Å². The zero-order valence-electron chi connectivity index (χ0n) is 11.8. The van der Waals surface area contributed by atoms with Crippen molar-refractivity contribution >= 4 is 17.5 Å². The molecule has 114 valence electrons. The number of ketones is 1. The molecule has 22 heavy (non-hydrogen) atoms. The molecule has 0 aliphatic carbocycles. The van der Waals surface area contributed by atoms with Gasteiger partial charge in [0.1, 0.15) is 17.8 Å². The van der Waals surface area contributed by atoms with Crippen LogP contribution in [0.5, 0.6) is 5.75 Å². The summed E-state index contributed by atoms with van der Waals surface area (Å²) in [5, 5.41) is 18.4. The van der Waals surface area contributed by atoms with E-state index in [2.05, 4.69) is 0 Å². The summed E-state index contributed by atoms with van der Waals surface area (Å²) in [7, 11) is 1.57. The number of hydrogen-bond donors (Lipinski definition) is 2. The largest absolute Gasteiger partial charge is 0.507 e. The van der Waals surface area contributed by atoms with Crippen molar-refractivity contribution in [2.75, 3.05) is 7.11 Å². The minimum absolute atomic E-state index is 0.283. The molecule has 2 rings (SSSR count). The third-order valence-corrected chi connectivity index (χ3v) is 3.05. The third kappa shape index (κ3) is 3.54. The average molecular weight is 302 g/mol. The molecule has 0 aliphatic rings. The number of aliphatic hydroxyl groups is 1. The van der Waals surface area contributed by atoms with Gasteiger partial charge < -0.3 is 19.4 Å². The lowest BCUT2D eigenvalue weighted by Gasteiger charge is -2.04. The number of aliphatic carboxylic acids is 1. The predicted octanol–water partition coefficient (Wildman–Crippen LogP) is 2.43. The summed E-state index contributed by atoms with van der Waals surface area (Å²) in [6.45, 7) is 0. The maximum Gasteiger partial charge on any atom is 0.376 e. The van der Waals surface area contributed by atoms with Gasteiger partial charge >= 0.3 is 5.97 Å². The second-order valence-corrected chi connectivity index (χ2v) is 4.53. The molecule has 0 fully saturated rings. The quantitative estimate of drug-likeness (QED) is 0.483. The molecule has 0 aliphatic heterocycles. The van der Waals surface area contributed by atoms with Gasteiger partial charge in [-0.25, -0.2) is 4.79 Å². The first-order chi connectivity index (χ1) is 10.5. The minimum Gasteiger partial charge on any atom is -0.507 e. The Morgan fingerprint density at radius 1 is 1.18 bits per heavy atom. The van der Waals surface area contributed by atoms with Gasteiger partial charge in [0.25, 0.3) is 5.78 Å². The van der Waals surface area contributed by atoms with E-state index in [0.717, 1.165) is 11.3 Å². The summed E-state index contributed by atoms with van der Waals surface area (Å²) in [5.41, 5.74) is 1.86. The maximum atomic E-state index is 11.1. The van der Waals surface area contributed by atoms with Crippen molar-refractivity contribution in [3.05, 3.63) is 59.6 Å². The Morgan fingerprint density at radius 3 is 2.45 bits per heavy atom. The predicted molar refractivity (Wildman–Crippen MR) is 77.8 cm³/mol. The van der Waals surface area contributed by atoms with Crippen LogP contribution in [0.2, 0.25) is 0 Å². The highest BCUT2D eigenvalue weighted by Crippen LogP contribution is 2.22. The van der Waals surface area contributed by atoms with E-state index in [0.29, 0.717) is 18.1 Å². The van der Waals surface area contributed by atoms with E-state index in [1.54, 1.807) is 19.2 Å². The van der Waals surface area contributed by atoms with E-state index in [-0.39, 0.29) is 5.56 Å². The molecule has 0 spiro atoms. The highest BCUT2D eigenvalue weighted by atomic mass is 16.5. The van der Waals surface area contributed by atoms with Gasteiger partial charge in [-0.1, -0.05) is 12.1 Å². The van der Waals surface area contributed by atoms with Crippen molar-refractivity contribution in [3.8, 4) is 5.75 Å². The Morgan fingerprint density at radius 2 is 1.86 bits per heavy atom. The summed E-state index contributed by atoms with van der Waals surface area (Å²) < 4.78 is 10.1. The van der Waals surface area contributed by atoms with Gasteiger partial charge in [0.15, 0.2) is 0 Å². The standard InChI is InChI=1S/C16H14O6/c1-21-12-4-2-10(3-5-12)6-11-8-22-9-13(11)14(17)7-15(18)16(19)20/h2-5,7-9,17H,6H2,1H3,(H,19,20). The Bertz CT molecular complexity index is 708. The SMILES string of the molecule is COc1ccc(Cc2cocc2C(O)=CC(=O)C(=O)O)cc1. The molecule has 0 saturated heterocycles. The second-order valence-electron chi connectivity index (χ2n) is 4.53. The van der Waals surface area contributed by atoms with E-state index in [4.69, 9.17) is 14.3 Å². The van der Waals surface area contributed by atoms with E-state index in [1.165, 1.54) is 12.5 Å². The van der Waals surface area contributed by atoms with Crippen molar-refractivity contribution in [1.82, 2.24) is 0 Å². The van der Waals surface area contributed by atoms with Crippen LogP contribution in [0.25, 0.3) is 5.76 Å². The average Bonchev–Trinajstić information content (AvgIpc) is 2.96. The monoisotopic (exact) mass is 302 g/mol. The number of carbonyl (C=O) groups is 2. The van der Waals surface area contributed by atoms with Crippen LogP contribution in [0.4, 0.5) is 0 Å². The molecule has 0 radical (unpaired) electrons. The van der Waals surface area contributed by atoms with Crippen LogP contribution >= 0.6 is 0 Å². The Hall–Kier alpha value is -3.02. The summed E-state index contributed by atoms with van der Waals surface area (Å²) in [6.07, 6.45) is 3.81. The van der Waals surface area contributed by atoms with E-state index < -0.39 is 17.5 Å². The molecule has 6 nitrogen and oxygen atoms in total. The van der Waals surface area contributed by atoms with Crippen LogP contribution in [0, 0.1) is 0 Å². The van der Waals surface area contributed by atoms with Crippen molar-refractivity contribution in [3.63, 3.8) is 0 Å². The Kier molecular flexibility index (Phi) is 4.63. The first-order valence-corrected chi connectivity index (χ1v) is 6.37. The van der Waals surface area contributed by atoms with E-state index in [9.17, 15) is 14.7 Å². The number of aliphatic hydroxyl groups excluding tert-OH is 1. The first kappa shape index (κ1) is 15.4. The molecule has 1 aromatic carbocycles. The molecular weight excluding hydrogens is 288 g/mol. The molecule has 6 heteroatoms. The molecule has 1 aromatic heterocycles. The van der Waals surface area contributed by atoms with Gasteiger partial charge in [0.2, 0.25) is 0 Å². The van der Waals surface area contributed by atoms with Crippen LogP contribution in [-0.4, -0.2) is 29.1 Å². The molecule has 2 N–H and O–H groups in total. The number of benzene rings is 1.